The molecule has 3 aromatic rings. The van der Waals surface area contributed by atoms with Gasteiger partial charge in [0.15, 0.2) is 23.6 Å². The van der Waals surface area contributed by atoms with E-state index in [0.29, 0.717) is 42.4 Å². The van der Waals surface area contributed by atoms with E-state index < -0.39 is 6.17 Å². The maximum absolute atomic E-state index is 6.06. The number of imidazole rings is 1. The van der Waals surface area contributed by atoms with E-state index in [2.05, 4.69) is 26.2 Å². The number of nitrogens with two attached hydrogens (primary N) is 1. The smallest absolute Gasteiger partial charge is 0.212 e. The minimum atomic E-state index is -0.432. The summed E-state index contributed by atoms with van der Waals surface area (Å²) in [6.07, 6.45) is 0.413. The van der Waals surface area contributed by atoms with Gasteiger partial charge < -0.3 is 19.9 Å². The maximum atomic E-state index is 6.06. The fourth-order valence-electron chi connectivity index (χ4n) is 3.54. The molecular formula is C19H18BrN5O3. The van der Waals surface area contributed by atoms with Crippen molar-refractivity contribution in [2.24, 2.45) is 10.7 Å². The molecule has 3 heterocycles. The Balaban J connectivity index is 1.74. The van der Waals surface area contributed by atoms with E-state index in [1.165, 1.54) is 0 Å². The van der Waals surface area contributed by atoms with E-state index in [0.717, 1.165) is 27.5 Å². The molecule has 0 aliphatic carbocycles. The summed E-state index contributed by atoms with van der Waals surface area (Å²) in [5.74, 6) is 3.02. The van der Waals surface area contributed by atoms with Gasteiger partial charge in [0.2, 0.25) is 5.95 Å². The molecular weight excluding hydrogens is 426 g/mol. The molecule has 3 N–H and O–H groups in total. The normalized spacial score (nSPS) is 18.1. The molecule has 0 spiro atoms. The fraction of sp³-hybridized carbons (Fsp3) is 0.263. The van der Waals surface area contributed by atoms with Crippen molar-refractivity contribution in [2.75, 3.05) is 25.6 Å². The number of halogens is 1. The zero-order valence-corrected chi connectivity index (χ0v) is 16.7. The Kier molecular flexibility index (Phi) is 4.04. The molecule has 9 heteroatoms. The van der Waals surface area contributed by atoms with Crippen molar-refractivity contribution in [3.05, 3.63) is 40.4 Å². The van der Waals surface area contributed by atoms with Gasteiger partial charge in [0.05, 0.1) is 31.4 Å². The van der Waals surface area contributed by atoms with Crippen LogP contribution in [0.2, 0.25) is 0 Å². The van der Waals surface area contributed by atoms with Gasteiger partial charge in [-0.25, -0.2) is 9.98 Å². The molecule has 1 aromatic heterocycles. The molecule has 0 fully saturated rings. The van der Waals surface area contributed by atoms with Gasteiger partial charge in [-0.3, -0.25) is 9.88 Å². The summed E-state index contributed by atoms with van der Waals surface area (Å²) in [6, 6.07) is 9.64. The first-order valence-electron chi connectivity index (χ1n) is 8.89. The van der Waals surface area contributed by atoms with Gasteiger partial charge in [0, 0.05) is 28.6 Å². The number of anilines is 1. The number of nitrogens with one attached hydrogen (secondary N) is 1. The summed E-state index contributed by atoms with van der Waals surface area (Å²) in [5.41, 5.74) is 8.57. The third-order valence-electron chi connectivity index (χ3n) is 4.77. The Bertz CT molecular complexity index is 1110. The molecule has 0 unspecified atom stereocenters. The number of aromatic nitrogens is 2. The number of hydrogen-bond donors (Lipinski definition) is 2. The molecule has 5 rings (SSSR count). The standard InChI is InChI=1S/C19H18BrN5O3/c1-26-14-4-3-10(20)7-11(14)17-23-18(21)24-19-22-12-8-15-16(9-13(12)25(17)19)28-6-2-5-27-15/h3-4,7-9,17H,2,5-6H2,1H3,(H3,21,22,23,24)/t17-/m1/s1. The summed E-state index contributed by atoms with van der Waals surface area (Å²) in [7, 11) is 1.64. The zero-order chi connectivity index (χ0) is 19.3. The number of fused-ring (bicyclic) bond motifs is 4. The van der Waals surface area contributed by atoms with Crippen molar-refractivity contribution in [2.45, 2.75) is 12.6 Å². The number of hydrogen-bond acceptors (Lipinski definition) is 7. The Labute approximate surface area is 169 Å². The second kappa shape index (κ2) is 6.59. The van der Waals surface area contributed by atoms with E-state index in [9.17, 15) is 0 Å². The van der Waals surface area contributed by atoms with Crippen LogP contribution in [0.1, 0.15) is 18.2 Å². The topological polar surface area (TPSA) is 95.9 Å². The molecule has 1 atom stereocenters. The Morgan fingerprint density at radius 2 is 2.00 bits per heavy atom. The first kappa shape index (κ1) is 17.2. The quantitative estimate of drug-likeness (QED) is 0.630. The van der Waals surface area contributed by atoms with E-state index in [1.807, 2.05) is 34.9 Å². The van der Waals surface area contributed by atoms with Crippen LogP contribution >= 0.6 is 15.9 Å². The monoisotopic (exact) mass is 443 g/mol. The molecule has 2 aromatic carbocycles. The number of rotatable bonds is 2. The van der Waals surface area contributed by atoms with Gasteiger partial charge in [-0.05, 0) is 18.2 Å². The van der Waals surface area contributed by atoms with Gasteiger partial charge >= 0.3 is 0 Å². The highest BCUT2D eigenvalue weighted by molar-refractivity contribution is 9.10. The molecule has 144 valence electrons. The number of benzene rings is 2. The molecule has 0 saturated carbocycles. The van der Waals surface area contributed by atoms with E-state index in [-0.39, 0.29) is 0 Å². The highest BCUT2D eigenvalue weighted by Crippen LogP contribution is 2.41. The van der Waals surface area contributed by atoms with Crippen molar-refractivity contribution >= 4 is 38.9 Å². The predicted molar refractivity (Wildman–Crippen MR) is 109 cm³/mol. The highest BCUT2D eigenvalue weighted by atomic mass is 79.9. The summed E-state index contributed by atoms with van der Waals surface area (Å²) in [6.45, 7) is 1.24. The molecule has 0 radical (unpaired) electrons. The van der Waals surface area contributed by atoms with Crippen molar-refractivity contribution < 1.29 is 14.2 Å². The third-order valence-corrected chi connectivity index (χ3v) is 5.27. The molecule has 8 nitrogen and oxygen atoms in total. The molecule has 28 heavy (non-hydrogen) atoms. The van der Waals surface area contributed by atoms with Gasteiger partial charge in [-0.2, -0.15) is 0 Å². The molecule has 2 aliphatic rings. The molecule has 0 bridgehead atoms. The average molecular weight is 444 g/mol. The SMILES string of the molecule is COc1ccc(Br)cc1[C@@H]1N=C(N)Nc2nc3cc4c(cc3n21)OCCCO4. The van der Waals surface area contributed by atoms with Crippen molar-refractivity contribution in [3.63, 3.8) is 0 Å². The number of methoxy groups -OCH3 is 1. The van der Waals surface area contributed by atoms with E-state index in [4.69, 9.17) is 24.9 Å². The van der Waals surface area contributed by atoms with Crippen LogP contribution in [0.25, 0.3) is 11.0 Å². The molecule has 0 saturated heterocycles. The Morgan fingerprint density at radius 1 is 1.21 bits per heavy atom. The maximum Gasteiger partial charge on any atom is 0.212 e. The van der Waals surface area contributed by atoms with Crippen molar-refractivity contribution in [1.82, 2.24) is 9.55 Å². The van der Waals surface area contributed by atoms with E-state index >= 15 is 0 Å². The third kappa shape index (κ3) is 2.73. The summed E-state index contributed by atoms with van der Waals surface area (Å²) < 4.78 is 20.1. The first-order valence-corrected chi connectivity index (χ1v) is 9.68. The Hall–Kier alpha value is -2.94. The lowest BCUT2D eigenvalue weighted by Gasteiger charge is -2.25. The van der Waals surface area contributed by atoms with Crippen molar-refractivity contribution in [3.8, 4) is 17.2 Å². The van der Waals surface area contributed by atoms with E-state index in [1.54, 1.807) is 7.11 Å². The minimum absolute atomic E-state index is 0.295. The lowest BCUT2D eigenvalue weighted by molar-refractivity contribution is 0.297. The van der Waals surface area contributed by atoms with Crippen LogP contribution in [-0.2, 0) is 0 Å². The Morgan fingerprint density at radius 3 is 2.79 bits per heavy atom. The van der Waals surface area contributed by atoms with Crippen LogP contribution in [0.5, 0.6) is 17.2 Å². The van der Waals surface area contributed by atoms with Crippen molar-refractivity contribution in [1.29, 1.82) is 0 Å². The fourth-order valence-corrected chi connectivity index (χ4v) is 3.92. The summed E-state index contributed by atoms with van der Waals surface area (Å²) in [5, 5.41) is 3.05. The van der Waals surface area contributed by atoms with Gasteiger partial charge in [0.25, 0.3) is 0 Å². The van der Waals surface area contributed by atoms with Crippen LogP contribution < -0.4 is 25.3 Å². The number of aliphatic imine (C=N–C) groups is 1. The average Bonchev–Trinajstić information content (AvgIpc) is 2.87. The highest BCUT2D eigenvalue weighted by Gasteiger charge is 2.29. The number of ether oxygens (including phenoxy) is 3. The van der Waals surface area contributed by atoms with Crippen LogP contribution in [0.15, 0.2) is 39.8 Å². The second-order valence-electron chi connectivity index (χ2n) is 6.54. The van der Waals surface area contributed by atoms with Crippen LogP contribution in [0.3, 0.4) is 0 Å². The van der Waals surface area contributed by atoms with Crippen LogP contribution in [0, 0.1) is 0 Å². The van der Waals surface area contributed by atoms with Crippen LogP contribution in [-0.4, -0.2) is 35.8 Å². The second-order valence-corrected chi connectivity index (χ2v) is 7.46. The summed E-state index contributed by atoms with van der Waals surface area (Å²) in [4.78, 5) is 9.33. The van der Waals surface area contributed by atoms with Gasteiger partial charge in [-0.1, -0.05) is 15.9 Å². The number of guanidine groups is 1. The largest absolute Gasteiger partial charge is 0.496 e. The lowest BCUT2D eigenvalue weighted by Crippen LogP contribution is -2.31. The molecule has 0 amide bonds. The zero-order valence-electron chi connectivity index (χ0n) is 15.1. The number of nitrogens with zero attached hydrogens (tertiary/aromatic N) is 3. The van der Waals surface area contributed by atoms with Gasteiger partial charge in [0.1, 0.15) is 5.75 Å². The minimum Gasteiger partial charge on any atom is -0.496 e. The predicted octanol–water partition coefficient (Wildman–Crippen LogP) is 3.26. The lowest BCUT2D eigenvalue weighted by atomic mass is 10.1. The van der Waals surface area contributed by atoms with Crippen LogP contribution in [0.4, 0.5) is 5.95 Å². The molecule has 2 aliphatic heterocycles. The summed E-state index contributed by atoms with van der Waals surface area (Å²) >= 11 is 3.53. The van der Waals surface area contributed by atoms with Gasteiger partial charge in [-0.15, -0.1) is 0 Å². The first-order chi connectivity index (χ1) is 13.6.